The summed E-state index contributed by atoms with van der Waals surface area (Å²) in [6.45, 7) is 2.68. The number of halogens is 1. The van der Waals surface area contributed by atoms with Gasteiger partial charge in [-0.15, -0.1) is 0 Å². The SMILES string of the molecule is CC1(C(=O)NC2CCCCC2)Cn2c(cc3ccccc32)C(=O)N1Cc1ccc(Cl)cc1. The van der Waals surface area contributed by atoms with Gasteiger partial charge in [0.15, 0.2) is 0 Å². The van der Waals surface area contributed by atoms with E-state index in [1.165, 1.54) is 6.42 Å². The van der Waals surface area contributed by atoms with Crippen LogP contribution in [0.2, 0.25) is 5.02 Å². The van der Waals surface area contributed by atoms with E-state index in [1.54, 1.807) is 4.90 Å². The first-order valence-corrected chi connectivity index (χ1v) is 11.8. The Bertz CT molecular complexity index is 1160. The van der Waals surface area contributed by atoms with Crippen LogP contribution in [0.25, 0.3) is 10.9 Å². The van der Waals surface area contributed by atoms with Gasteiger partial charge in [-0.25, -0.2) is 0 Å². The molecule has 32 heavy (non-hydrogen) atoms. The summed E-state index contributed by atoms with van der Waals surface area (Å²) in [7, 11) is 0. The van der Waals surface area contributed by atoms with Gasteiger partial charge < -0.3 is 14.8 Å². The molecule has 1 N–H and O–H groups in total. The number of aromatic nitrogens is 1. The van der Waals surface area contributed by atoms with Gasteiger partial charge in [0, 0.05) is 28.5 Å². The van der Waals surface area contributed by atoms with Crippen LogP contribution >= 0.6 is 11.6 Å². The third-order valence-corrected chi connectivity index (χ3v) is 7.27. The molecular weight excluding hydrogens is 422 g/mol. The third kappa shape index (κ3) is 3.69. The average Bonchev–Trinajstić information content (AvgIpc) is 3.17. The number of carbonyl (C=O) groups is 2. The van der Waals surface area contributed by atoms with E-state index < -0.39 is 5.54 Å². The van der Waals surface area contributed by atoms with Crippen molar-refractivity contribution in [3.63, 3.8) is 0 Å². The monoisotopic (exact) mass is 449 g/mol. The van der Waals surface area contributed by atoms with Crippen molar-refractivity contribution < 1.29 is 9.59 Å². The molecular formula is C26H28ClN3O2. The number of carbonyl (C=O) groups excluding carboxylic acids is 2. The first kappa shape index (κ1) is 21.1. The summed E-state index contributed by atoms with van der Waals surface area (Å²) >= 11 is 6.06. The van der Waals surface area contributed by atoms with Gasteiger partial charge in [0.2, 0.25) is 5.91 Å². The van der Waals surface area contributed by atoms with Crippen LogP contribution in [-0.2, 0) is 17.9 Å². The number of benzene rings is 2. The van der Waals surface area contributed by atoms with E-state index in [4.69, 9.17) is 11.6 Å². The zero-order valence-corrected chi connectivity index (χ0v) is 19.1. The van der Waals surface area contributed by atoms with E-state index in [9.17, 15) is 9.59 Å². The predicted octanol–water partition coefficient (Wildman–Crippen LogP) is 5.16. The van der Waals surface area contributed by atoms with Crippen LogP contribution in [0, 0.1) is 0 Å². The van der Waals surface area contributed by atoms with Crippen LogP contribution in [0.3, 0.4) is 0 Å². The first-order chi connectivity index (χ1) is 15.5. The molecule has 1 fully saturated rings. The number of nitrogens with one attached hydrogen (secondary N) is 1. The minimum Gasteiger partial charge on any atom is -0.351 e. The van der Waals surface area contributed by atoms with Gasteiger partial charge in [0.25, 0.3) is 5.91 Å². The fourth-order valence-corrected chi connectivity index (χ4v) is 5.24. The lowest BCUT2D eigenvalue weighted by atomic mass is 9.91. The van der Waals surface area contributed by atoms with E-state index in [-0.39, 0.29) is 17.9 Å². The molecule has 1 aromatic heterocycles. The highest BCUT2D eigenvalue weighted by atomic mass is 35.5. The molecule has 0 bridgehead atoms. The number of hydrogen-bond acceptors (Lipinski definition) is 2. The maximum Gasteiger partial charge on any atom is 0.271 e. The molecule has 2 aromatic carbocycles. The summed E-state index contributed by atoms with van der Waals surface area (Å²) in [6, 6.07) is 17.6. The molecule has 1 aliphatic heterocycles. The Hall–Kier alpha value is -2.79. The van der Waals surface area contributed by atoms with Gasteiger partial charge in [-0.1, -0.05) is 61.2 Å². The molecule has 2 aliphatic rings. The van der Waals surface area contributed by atoms with Crippen LogP contribution < -0.4 is 5.32 Å². The zero-order valence-electron chi connectivity index (χ0n) is 18.3. The second-order valence-corrected chi connectivity index (χ2v) is 9.71. The topological polar surface area (TPSA) is 54.3 Å². The first-order valence-electron chi connectivity index (χ1n) is 11.4. The standard InChI is InChI=1S/C26H28ClN3O2/c1-26(25(32)28-21-8-3-2-4-9-21)17-29-22-10-6-5-7-19(22)15-23(29)24(31)30(26)16-18-11-13-20(27)14-12-18/h5-7,10-15,21H,2-4,8-9,16-17H2,1H3,(H,28,32). The van der Waals surface area contributed by atoms with Crippen LogP contribution in [0.4, 0.5) is 0 Å². The van der Waals surface area contributed by atoms with Gasteiger partial charge >= 0.3 is 0 Å². The molecule has 6 heteroatoms. The van der Waals surface area contributed by atoms with Crippen molar-refractivity contribution >= 4 is 34.3 Å². The number of rotatable bonds is 4. The largest absolute Gasteiger partial charge is 0.351 e. The van der Waals surface area contributed by atoms with Crippen LogP contribution in [0.5, 0.6) is 0 Å². The molecule has 1 unspecified atom stereocenters. The molecule has 5 rings (SSSR count). The van der Waals surface area contributed by atoms with E-state index in [2.05, 4.69) is 5.32 Å². The van der Waals surface area contributed by atoms with Crippen LogP contribution in [0.1, 0.15) is 55.1 Å². The Morgan fingerprint density at radius 2 is 1.81 bits per heavy atom. The van der Waals surface area contributed by atoms with Crippen molar-refractivity contribution in [2.45, 2.75) is 63.7 Å². The summed E-state index contributed by atoms with van der Waals surface area (Å²) in [5.74, 6) is -0.196. The average molecular weight is 450 g/mol. The van der Waals surface area contributed by atoms with E-state index >= 15 is 0 Å². The third-order valence-electron chi connectivity index (χ3n) is 7.02. The normalized spacial score (nSPS) is 21.6. The molecule has 0 radical (unpaired) electrons. The fraction of sp³-hybridized carbons (Fsp3) is 0.385. The van der Waals surface area contributed by atoms with Crippen molar-refractivity contribution in [2.75, 3.05) is 0 Å². The summed E-state index contributed by atoms with van der Waals surface area (Å²) in [6.07, 6.45) is 5.52. The number of para-hydroxylation sites is 1. The lowest BCUT2D eigenvalue weighted by Crippen LogP contribution is -2.64. The second-order valence-electron chi connectivity index (χ2n) is 9.27. The van der Waals surface area contributed by atoms with E-state index in [0.717, 1.165) is 42.1 Å². The van der Waals surface area contributed by atoms with Crippen molar-refractivity contribution in [1.82, 2.24) is 14.8 Å². The molecule has 2 amide bonds. The quantitative estimate of drug-likeness (QED) is 0.598. The number of fused-ring (bicyclic) bond motifs is 3. The number of nitrogens with zero attached hydrogens (tertiary/aromatic N) is 2. The molecule has 2 heterocycles. The Labute approximate surface area is 193 Å². The Morgan fingerprint density at radius 3 is 2.56 bits per heavy atom. The Kier molecular flexibility index (Phi) is 5.46. The maximum absolute atomic E-state index is 13.8. The zero-order chi connectivity index (χ0) is 22.3. The lowest BCUT2D eigenvalue weighted by molar-refractivity contribution is -0.134. The summed E-state index contributed by atoms with van der Waals surface area (Å²) in [5.41, 5.74) is 1.56. The van der Waals surface area contributed by atoms with Crippen molar-refractivity contribution in [3.05, 3.63) is 70.9 Å². The minimum absolute atomic E-state index is 0.0739. The predicted molar refractivity (Wildman–Crippen MR) is 127 cm³/mol. The fourth-order valence-electron chi connectivity index (χ4n) is 5.11. The number of amides is 2. The summed E-state index contributed by atoms with van der Waals surface area (Å²) in [5, 5.41) is 4.94. The molecule has 3 aromatic rings. The molecule has 1 aliphatic carbocycles. The Balaban J connectivity index is 1.54. The molecule has 1 saturated carbocycles. The van der Waals surface area contributed by atoms with E-state index in [1.807, 2.05) is 66.1 Å². The van der Waals surface area contributed by atoms with E-state index in [0.29, 0.717) is 23.8 Å². The van der Waals surface area contributed by atoms with Crippen molar-refractivity contribution in [1.29, 1.82) is 0 Å². The van der Waals surface area contributed by atoms with Gasteiger partial charge in [-0.2, -0.15) is 0 Å². The summed E-state index contributed by atoms with van der Waals surface area (Å²) in [4.78, 5) is 29.2. The smallest absolute Gasteiger partial charge is 0.271 e. The van der Waals surface area contributed by atoms with Crippen LogP contribution in [0.15, 0.2) is 54.6 Å². The molecule has 5 nitrogen and oxygen atoms in total. The second kappa shape index (κ2) is 8.28. The highest BCUT2D eigenvalue weighted by molar-refractivity contribution is 6.30. The van der Waals surface area contributed by atoms with Gasteiger partial charge in [0.05, 0.1) is 6.54 Å². The van der Waals surface area contributed by atoms with Crippen molar-refractivity contribution in [2.24, 2.45) is 0 Å². The molecule has 0 spiro atoms. The summed E-state index contributed by atoms with van der Waals surface area (Å²) < 4.78 is 2.01. The van der Waals surface area contributed by atoms with Crippen LogP contribution in [-0.4, -0.2) is 32.9 Å². The Morgan fingerprint density at radius 1 is 1.09 bits per heavy atom. The lowest BCUT2D eigenvalue weighted by Gasteiger charge is -2.45. The minimum atomic E-state index is -0.997. The maximum atomic E-state index is 13.8. The molecule has 1 atom stereocenters. The van der Waals surface area contributed by atoms with Gasteiger partial charge in [-0.05, 0) is 49.6 Å². The highest BCUT2D eigenvalue weighted by Crippen LogP contribution is 2.34. The van der Waals surface area contributed by atoms with Gasteiger partial charge in [0.1, 0.15) is 11.2 Å². The molecule has 0 saturated heterocycles. The van der Waals surface area contributed by atoms with Gasteiger partial charge in [-0.3, -0.25) is 9.59 Å². The number of hydrogen-bond donors (Lipinski definition) is 1. The highest BCUT2D eigenvalue weighted by Gasteiger charge is 2.48. The molecule has 166 valence electrons. The van der Waals surface area contributed by atoms with Crippen molar-refractivity contribution in [3.8, 4) is 0 Å².